The molecule has 4 nitrogen and oxygen atoms in total. The Hall–Kier alpha value is -2.10. The van der Waals surface area contributed by atoms with Gasteiger partial charge in [-0.2, -0.15) is 0 Å². The van der Waals surface area contributed by atoms with Gasteiger partial charge in [0.2, 0.25) is 0 Å². The van der Waals surface area contributed by atoms with Crippen LogP contribution in [0.5, 0.6) is 0 Å². The second kappa shape index (κ2) is 6.48. The van der Waals surface area contributed by atoms with Gasteiger partial charge in [0.1, 0.15) is 6.29 Å². The fourth-order valence-corrected chi connectivity index (χ4v) is 1.38. The molecule has 1 aromatic rings. The van der Waals surface area contributed by atoms with Crippen molar-refractivity contribution >= 4 is 24.0 Å². The van der Waals surface area contributed by atoms with Crippen LogP contribution in [-0.2, 0) is 9.59 Å². The first kappa shape index (κ1) is 13.0. The molecule has 0 amide bonds. The molecule has 4 heteroatoms. The highest BCUT2D eigenvalue weighted by Crippen LogP contribution is 2.14. The van der Waals surface area contributed by atoms with Crippen molar-refractivity contribution in [3.05, 3.63) is 35.9 Å². The van der Waals surface area contributed by atoms with E-state index in [2.05, 4.69) is 0 Å². The number of hydrogen-bond donors (Lipinski definition) is 1. The molecule has 0 aliphatic heterocycles. The average molecular weight is 233 g/mol. The van der Waals surface area contributed by atoms with Gasteiger partial charge in [0.15, 0.2) is 0 Å². The average Bonchev–Trinajstić information content (AvgIpc) is 2.34. The standard InChI is InChI=1S/C13H15NO3/c1-14(9-8-13(16)17)12-6-4-11(5-7-12)3-2-10-15/h2-7,10H,8-9H2,1H3,(H,16,17)/b3-2+. The third kappa shape index (κ3) is 4.51. The van der Waals surface area contributed by atoms with Crippen LogP contribution in [0, 0.1) is 0 Å². The highest BCUT2D eigenvalue weighted by molar-refractivity contribution is 5.74. The van der Waals surface area contributed by atoms with Crippen molar-refractivity contribution < 1.29 is 14.7 Å². The third-order valence-electron chi connectivity index (χ3n) is 2.36. The number of aldehydes is 1. The summed E-state index contributed by atoms with van der Waals surface area (Å²) in [5, 5.41) is 8.58. The fraction of sp³-hybridized carbons (Fsp3) is 0.231. The summed E-state index contributed by atoms with van der Waals surface area (Å²) < 4.78 is 0. The maximum absolute atomic E-state index is 10.4. The third-order valence-corrected chi connectivity index (χ3v) is 2.36. The zero-order valence-electron chi connectivity index (χ0n) is 9.67. The van der Waals surface area contributed by atoms with Crippen LogP contribution in [0.4, 0.5) is 5.69 Å². The Morgan fingerprint density at radius 2 is 2.00 bits per heavy atom. The van der Waals surface area contributed by atoms with Gasteiger partial charge in [-0.3, -0.25) is 9.59 Å². The second-order valence-electron chi connectivity index (χ2n) is 3.65. The molecular formula is C13H15NO3. The zero-order valence-corrected chi connectivity index (χ0v) is 9.67. The smallest absolute Gasteiger partial charge is 0.305 e. The van der Waals surface area contributed by atoms with E-state index in [1.165, 1.54) is 6.08 Å². The minimum Gasteiger partial charge on any atom is -0.481 e. The number of rotatable bonds is 6. The molecule has 90 valence electrons. The van der Waals surface area contributed by atoms with Crippen LogP contribution in [0.1, 0.15) is 12.0 Å². The van der Waals surface area contributed by atoms with Crippen molar-refractivity contribution in [1.29, 1.82) is 0 Å². The highest BCUT2D eigenvalue weighted by atomic mass is 16.4. The Kier molecular flexibility index (Phi) is 4.94. The highest BCUT2D eigenvalue weighted by Gasteiger charge is 2.03. The lowest BCUT2D eigenvalue weighted by Gasteiger charge is -2.18. The molecule has 1 rings (SSSR count). The summed E-state index contributed by atoms with van der Waals surface area (Å²) >= 11 is 0. The molecular weight excluding hydrogens is 218 g/mol. The van der Waals surface area contributed by atoms with Gasteiger partial charge in [-0.1, -0.05) is 18.2 Å². The fourth-order valence-electron chi connectivity index (χ4n) is 1.38. The monoisotopic (exact) mass is 233 g/mol. The number of allylic oxidation sites excluding steroid dienone is 1. The van der Waals surface area contributed by atoms with E-state index >= 15 is 0 Å². The van der Waals surface area contributed by atoms with Crippen LogP contribution in [0.15, 0.2) is 30.3 Å². The van der Waals surface area contributed by atoms with Gasteiger partial charge >= 0.3 is 5.97 Å². The SMILES string of the molecule is CN(CCC(=O)O)c1ccc(/C=C/C=O)cc1. The molecule has 0 aliphatic carbocycles. The summed E-state index contributed by atoms with van der Waals surface area (Å²) in [6.45, 7) is 0.471. The summed E-state index contributed by atoms with van der Waals surface area (Å²) in [6.07, 6.45) is 3.99. The molecule has 0 radical (unpaired) electrons. The van der Waals surface area contributed by atoms with Crippen molar-refractivity contribution in [1.82, 2.24) is 0 Å². The minimum absolute atomic E-state index is 0.114. The molecule has 0 aliphatic rings. The quantitative estimate of drug-likeness (QED) is 0.601. The van der Waals surface area contributed by atoms with Gasteiger partial charge in [-0.05, 0) is 23.8 Å². The zero-order chi connectivity index (χ0) is 12.7. The van der Waals surface area contributed by atoms with Gasteiger partial charge in [0, 0.05) is 19.3 Å². The molecule has 1 aromatic carbocycles. The molecule has 17 heavy (non-hydrogen) atoms. The largest absolute Gasteiger partial charge is 0.481 e. The van der Waals surface area contributed by atoms with E-state index in [4.69, 9.17) is 5.11 Å². The number of aliphatic carboxylic acids is 1. The van der Waals surface area contributed by atoms with Gasteiger partial charge in [0.25, 0.3) is 0 Å². The van der Waals surface area contributed by atoms with Crippen molar-refractivity contribution in [3.8, 4) is 0 Å². The first-order valence-electron chi connectivity index (χ1n) is 5.28. The Morgan fingerprint density at radius 1 is 1.35 bits per heavy atom. The summed E-state index contributed by atoms with van der Waals surface area (Å²) in [7, 11) is 1.85. The lowest BCUT2D eigenvalue weighted by Crippen LogP contribution is -2.20. The molecule has 0 unspecified atom stereocenters. The Morgan fingerprint density at radius 3 is 2.53 bits per heavy atom. The van der Waals surface area contributed by atoms with Crippen molar-refractivity contribution in [3.63, 3.8) is 0 Å². The normalized spacial score (nSPS) is 10.4. The van der Waals surface area contributed by atoms with Gasteiger partial charge in [-0.15, -0.1) is 0 Å². The first-order valence-corrected chi connectivity index (χ1v) is 5.28. The lowest BCUT2D eigenvalue weighted by molar-refractivity contribution is -0.136. The van der Waals surface area contributed by atoms with Gasteiger partial charge in [0.05, 0.1) is 6.42 Å². The number of carbonyl (C=O) groups excluding carboxylic acids is 1. The maximum atomic E-state index is 10.4. The van der Waals surface area contributed by atoms with E-state index in [-0.39, 0.29) is 6.42 Å². The van der Waals surface area contributed by atoms with E-state index in [9.17, 15) is 9.59 Å². The molecule has 0 saturated heterocycles. The molecule has 0 aromatic heterocycles. The Labute approximate surface area is 100 Å². The number of benzene rings is 1. The van der Waals surface area contributed by atoms with E-state index in [0.717, 1.165) is 17.5 Å². The van der Waals surface area contributed by atoms with Crippen LogP contribution in [0.2, 0.25) is 0 Å². The summed E-state index contributed by atoms with van der Waals surface area (Å²) in [4.78, 5) is 22.5. The molecule has 0 fully saturated rings. The van der Waals surface area contributed by atoms with Gasteiger partial charge < -0.3 is 10.0 Å². The number of nitrogens with zero attached hydrogens (tertiary/aromatic N) is 1. The van der Waals surface area contributed by atoms with Crippen LogP contribution in [0.3, 0.4) is 0 Å². The van der Waals surface area contributed by atoms with Crippen molar-refractivity contribution in [2.75, 3.05) is 18.5 Å². The first-order chi connectivity index (χ1) is 8.13. The molecule has 0 saturated carbocycles. The van der Waals surface area contributed by atoms with Gasteiger partial charge in [-0.25, -0.2) is 0 Å². The van der Waals surface area contributed by atoms with Crippen molar-refractivity contribution in [2.45, 2.75) is 6.42 Å². The molecule has 0 spiro atoms. The molecule has 1 N–H and O–H groups in total. The summed E-state index contributed by atoms with van der Waals surface area (Å²) in [5.41, 5.74) is 1.89. The molecule has 0 atom stereocenters. The van der Waals surface area contributed by atoms with Crippen LogP contribution < -0.4 is 4.90 Å². The molecule has 0 bridgehead atoms. The predicted octanol–water partition coefficient (Wildman–Crippen LogP) is 1.81. The van der Waals surface area contributed by atoms with Crippen LogP contribution in [-0.4, -0.2) is 31.0 Å². The Balaban J connectivity index is 2.63. The second-order valence-corrected chi connectivity index (χ2v) is 3.65. The molecule has 0 heterocycles. The number of carboxylic acid groups (broad SMARTS) is 1. The number of carboxylic acids is 1. The summed E-state index contributed by atoms with van der Waals surface area (Å²) in [6, 6.07) is 7.55. The number of hydrogen-bond acceptors (Lipinski definition) is 3. The number of carbonyl (C=O) groups is 2. The summed E-state index contributed by atoms with van der Waals surface area (Å²) in [5.74, 6) is -0.803. The van der Waals surface area contributed by atoms with E-state index < -0.39 is 5.97 Å². The lowest BCUT2D eigenvalue weighted by atomic mass is 10.2. The predicted molar refractivity (Wildman–Crippen MR) is 67.1 cm³/mol. The van der Waals surface area contributed by atoms with Crippen molar-refractivity contribution in [2.24, 2.45) is 0 Å². The van der Waals surface area contributed by atoms with Crippen LogP contribution in [0.25, 0.3) is 6.08 Å². The van der Waals surface area contributed by atoms with E-state index in [1.807, 2.05) is 36.2 Å². The Bertz CT molecular complexity index is 409. The van der Waals surface area contributed by atoms with E-state index in [1.54, 1.807) is 6.08 Å². The minimum atomic E-state index is -0.803. The topological polar surface area (TPSA) is 57.6 Å². The van der Waals surface area contributed by atoms with E-state index in [0.29, 0.717) is 6.54 Å². The maximum Gasteiger partial charge on any atom is 0.305 e. The van der Waals surface area contributed by atoms with Crippen LogP contribution >= 0.6 is 0 Å². The number of anilines is 1.